The molecule has 2 heterocycles. The van der Waals surface area contributed by atoms with Crippen LogP contribution < -0.4 is 4.74 Å². The number of hydrogen-bond donors (Lipinski definition) is 1. The summed E-state index contributed by atoms with van der Waals surface area (Å²) in [4.78, 5) is 20.8. The van der Waals surface area contributed by atoms with Gasteiger partial charge in [0.25, 0.3) is 5.91 Å². The number of nitrogens with zero attached hydrogens (tertiary/aromatic N) is 3. The van der Waals surface area contributed by atoms with Gasteiger partial charge in [0, 0.05) is 25.3 Å². The first-order chi connectivity index (χ1) is 10.8. The van der Waals surface area contributed by atoms with Crippen molar-refractivity contribution in [2.45, 2.75) is 32.3 Å². The molecule has 0 aliphatic carbocycles. The Morgan fingerprint density at radius 2 is 2.04 bits per heavy atom. The number of ether oxygens (including phenoxy) is 1. The first kappa shape index (κ1) is 17.7. The smallest absolute Gasteiger partial charge is 0.259 e. The van der Waals surface area contributed by atoms with E-state index < -0.39 is 5.60 Å². The molecule has 1 aromatic heterocycles. The van der Waals surface area contributed by atoms with Gasteiger partial charge in [0.2, 0.25) is 5.88 Å². The van der Waals surface area contributed by atoms with Gasteiger partial charge in [-0.25, -0.2) is 4.98 Å². The molecule has 6 nitrogen and oxygen atoms in total. The Kier molecular flexibility index (Phi) is 5.59. The van der Waals surface area contributed by atoms with Gasteiger partial charge < -0.3 is 19.6 Å². The lowest BCUT2D eigenvalue weighted by atomic mass is 9.90. The largest absolute Gasteiger partial charge is 0.477 e. The Morgan fingerprint density at radius 1 is 1.39 bits per heavy atom. The SMILES string of the molecule is CCOc1nc(C)ccc1C(=O)N1CCC(O)(CN(C)C)CC1. The normalized spacial score (nSPS) is 17.4. The molecule has 1 aliphatic rings. The van der Waals surface area contributed by atoms with Crippen LogP contribution in [-0.4, -0.2) is 71.7 Å². The van der Waals surface area contributed by atoms with E-state index in [-0.39, 0.29) is 5.91 Å². The number of hydrogen-bond acceptors (Lipinski definition) is 5. The number of carbonyl (C=O) groups excluding carboxylic acids is 1. The van der Waals surface area contributed by atoms with Crippen molar-refractivity contribution < 1.29 is 14.6 Å². The highest BCUT2D eigenvalue weighted by Crippen LogP contribution is 2.26. The molecule has 128 valence electrons. The predicted molar refractivity (Wildman–Crippen MR) is 88.8 cm³/mol. The summed E-state index contributed by atoms with van der Waals surface area (Å²) in [6.07, 6.45) is 1.17. The second-order valence-electron chi connectivity index (χ2n) is 6.49. The number of pyridine rings is 1. The molecule has 1 aliphatic heterocycles. The molecule has 23 heavy (non-hydrogen) atoms. The summed E-state index contributed by atoms with van der Waals surface area (Å²) in [6.45, 7) is 5.93. The van der Waals surface area contributed by atoms with Gasteiger partial charge in [0.15, 0.2) is 0 Å². The molecule has 2 rings (SSSR count). The third-order valence-electron chi connectivity index (χ3n) is 4.10. The number of aliphatic hydroxyl groups is 1. The van der Waals surface area contributed by atoms with Crippen LogP contribution in [0.2, 0.25) is 0 Å². The third kappa shape index (κ3) is 4.42. The summed E-state index contributed by atoms with van der Waals surface area (Å²) >= 11 is 0. The van der Waals surface area contributed by atoms with E-state index >= 15 is 0 Å². The van der Waals surface area contributed by atoms with E-state index in [0.29, 0.717) is 50.5 Å². The van der Waals surface area contributed by atoms with Gasteiger partial charge >= 0.3 is 0 Å². The molecular formula is C17H27N3O3. The van der Waals surface area contributed by atoms with Crippen LogP contribution in [0.3, 0.4) is 0 Å². The molecule has 1 fully saturated rings. The van der Waals surface area contributed by atoms with E-state index in [1.807, 2.05) is 38.9 Å². The van der Waals surface area contributed by atoms with Crippen LogP contribution in [0.25, 0.3) is 0 Å². The first-order valence-electron chi connectivity index (χ1n) is 8.11. The standard InChI is InChI=1S/C17H27N3O3/c1-5-23-15-14(7-6-13(2)18-15)16(21)20-10-8-17(22,9-11-20)12-19(3)4/h6-7,22H,5,8-12H2,1-4H3. The highest BCUT2D eigenvalue weighted by molar-refractivity contribution is 5.96. The number of likely N-dealkylation sites (N-methyl/N-ethyl adjacent to an activating group) is 1. The Bertz CT molecular complexity index is 552. The molecule has 0 bridgehead atoms. The maximum absolute atomic E-state index is 12.8. The van der Waals surface area contributed by atoms with Crippen molar-refractivity contribution in [2.75, 3.05) is 40.3 Å². The molecule has 1 amide bonds. The van der Waals surface area contributed by atoms with Crippen LogP contribution >= 0.6 is 0 Å². The quantitative estimate of drug-likeness (QED) is 0.886. The summed E-state index contributed by atoms with van der Waals surface area (Å²) in [5.41, 5.74) is 0.605. The molecule has 0 spiro atoms. The minimum absolute atomic E-state index is 0.0761. The molecule has 1 saturated heterocycles. The van der Waals surface area contributed by atoms with E-state index in [4.69, 9.17) is 4.74 Å². The summed E-state index contributed by atoms with van der Waals surface area (Å²) < 4.78 is 5.51. The van der Waals surface area contributed by atoms with Gasteiger partial charge in [-0.15, -0.1) is 0 Å². The van der Waals surface area contributed by atoms with Crippen molar-refractivity contribution in [2.24, 2.45) is 0 Å². The molecule has 1 N–H and O–H groups in total. The van der Waals surface area contributed by atoms with Crippen molar-refractivity contribution in [3.8, 4) is 5.88 Å². The summed E-state index contributed by atoms with van der Waals surface area (Å²) in [6, 6.07) is 3.60. The molecule has 0 radical (unpaired) electrons. The number of piperidine rings is 1. The number of amides is 1. The molecule has 1 aromatic rings. The maximum atomic E-state index is 12.8. The summed E-state index contributed by atoms with van der Waals surface area (Å²) in [7, 11) is 3.89. The van der Waals surface area contributed by atoms with E-state index in [0.717, 1.165) is 5.69 Å². The van der Waals surface area contributed by atoms with Gasteiger partial charge in [-0.1, -0.05) is 0 Å². The number of carbonyl (C=O) groups is 1. The van der Waals surface area contributed by atoms with Crippen molar-refractivity contribution in [1.29, 1.82) is 0 Å². The Hall–Kier alpha value is -1.66. The molecule has 0 atom stereocenters. The van der Waals surface area contributed by atoms with Crippen LogP contribution in [0.15, 0.2) is 12.1 Å². The molecule has 6 heteroatoms. The van der Waals surface area contributed by atoms with E-state index in [1.54, 1.807) is 11.0 Å². The van der Waals surface area contributed by atoms with E-state index in [1.165, 1.54) is 0 Å². The molecule has 0 unspecified atom stereocenters. The highest BCUT2D eigenvalue weighted by atomic mass is 16.5. The van der Waals surface area contributed by atoms with Gasteiger partial charge in [-0.05, 0) is 52.9 Å². The lowest BCUT2D eigenvalue weighted by Crippen LogP contribution is -2.51. The lowest BCUT2D eigenvalue weighted by Gasteiger charge is -2.39. The van der Waals surface area contributed by atoms with Crippen molar-refractivity contribution in [3.05, 3.63) is 23.4 Å². The lowest BCUT2D eigenvalue weighted by molar-refractivity contribution is -0.0324. The zero-order valence-corrected chi connectivity index (χ0v) is 14.5. The summed E-state index contributed by atoms with van der Waals surface area (Å²) in [5, 5.41) is 10.6. The van der Waals surface area contributed by atoms with Crippen molar-refractivity contribution >= 4 is 5.91 Å². The van der Waals surface area contributed by atoms with Crippen LogP contribution in [0.5, 0.6) is 5.88 Å². The van der Waals surface area contributed by atoms with Gasteiger partial charge in [0.05, 0.1) is 12.2 Å². The van der Waals surface area contributed by atoms with Crippen molar-refractivity contribution in [3.63, 3.8) is 0 Å². The van der Waals surface area contributed by atoms with Crippen LogP contribution in [0.1, 0.15) is 35.8 Å². The van der Waals surface area contributed by atoms with E-state index in [2.05, 4.69) is 4.98 Å². The maximum Gasteiger partial charge on any atom is 0.259 e. The number of aryl methyl sites for hydroxylation is 1. The zero-order valence-electron chi connectivity index (χ0n) is 14.5. The second kappa shape index (κ2) is 7.27. The highest BCUT2D eigenvalue weighted by Gasteiger charge is 2.35. The minimum Gasteiger partial charge on any atom is -0.477 e. The minimum atomic E-state index is -0.714. The molecule has 0 aromatic carbocycles. The van der Waals surface area contributed by atoms with Gasteiger partial charge in [0.1, 0.15) is 5.56 Å². The Morgan fingerprint density at radius 3 is 2.61 bits per heavy atom. The zero-order chi connectivity index (χ0) is 17.0. The van der Waals surface area contributed by atoms with Gasteiger partial charge in [-0.3, -0.25) is 4.79 Å². The van der Waals surface area contributed by atoms with Crippen LogP contribution in [0, 0.1) is 6.92 Å². The number of rotatable bonds is 5. The molecule has 0 saturated carbocycles. The predicted octanol–water partition coefficient (Wildman–Crippen LogP) is 1.32. The fraction of sp³-hybridized carbons (Fsp3) is 0.647. The summed E-state index contributed by atoms with van der Waals surface area (Å²) in [5.74, 6) is 0.319. The monoisotopic (exact) mass is 321 g/mol. The van der Waals surface area contributed by atoms with E-state index in [9.17, 15) is 9.90 Å². The Balaban J connectivity index is 2.08. The topological polar surface area (TPSA) is 65.9 Å². The number of likely N-dealkylation sites (tertiary alicyclic amines) is 1. The molecular weight excluding hydrogens is 294 g/mol. The average molecular weight is 321 g/mol. The second-order valence-corrected chi connectivity index (χ2v) is 6.49. The third-order valence-corrected chi connectivity index (χ3v) is 4.10. The van der Waals surface area contributed by atoms with Crippen molar-refractivity contribution in [1.82, 2.24) is 14.8 Å². The van der Waals surface area contributed by atoms with Crippen LogP contribution in [-0.2, 0) is 0 Å². The first-order valence-corrected chi connectivity index (χ1v) is 8.11. The average Bonchev–Trinajstić information content (AvgIpc) is 2.47. The fourth-order valence-corrected chi connectivity index (χ4v) is 2.99. The number of aromatic nitrogens is 1. The fourth-order valence-electron chi connectivity index (χ4n) is 2.99. The Labute approximate surface area is 138 Å². The van der Waals surface area contributed by atoms with Gasteiger partial charge in [-0.2, -0.15) is 0 Å². The van der Waals surface area contributed by atoms with Crippen LogP contribution in [0.4, 0.5) is 0 Å².